The first-order valence-corrected chi connectivity index (χ1v) is 3.41. The molecule has 1 rings (SSSR count). The van der Waals surface area contributed by atoms with Crippen molar-refractivity contribution < 1.29 is 18.7 Å². The molecule has 0 spiro atoms. The van der Waals surface area contributed by atoms with E-state index in [0.29, 0.717) is 17.3 Å². The fraction of sp³-hybridized carbons (Fsp3) is 0.375. The predicted octanol–water partition coefficient (Wildman–Crippen LogP) is 1.38. The van der Waals surface area contributed by atoms with Crippen LogP contribution in [-0.4, -0.2) is 20.2 Å². The lowest BCUT2D eigenvalue weighted by Crippen LogP contribution is -2.00. The molecule has 0 N–H and O–H groups in total. The van der Waals surface area contributed by atoms with Crippen LogP contribution >= 0.6 is 0 Å². The molecule has 0 aliphatic heterocycles. The average molecular weight is 170 g/mol. The van der Waals surface area contributed by atoms with Crippen LogP contribution in [0.5, 0.6) is 5.95 Å². The molecule has 0 aliphatic carbocycles. The van der Waals surface area contributed by atoms with E-state index in [4.69, 9.17) is 9.15 Å². The summed E-state index contributed by atoms with van der Waals surface area (Å²) in [6.45, 7) is 1.68. The molecule has 0 aliphatic rings. The van der Waals surface area contributed by atoms with Gasteiger partial charge in [-0.15, -0.1) is 0 Å². The number of aryl methyl sites for hydroxylation is 1. The fourth-order valence-corrected chi connectivity index (χ4v) is 0.868. The number of esters is 1. The zero-order valence-corrected chi connectivity index (χ0v) is 7.21. The molecule has 0 atom stereocenters. The zero-order valence-electron chi connectivity index (χ0n) is 7.21. The summed E-state index contributed by atoms with van der Waals surface area (Å²) in [4.78, 5) is 11.0. The summed E-state index contributed by atoms with van der Waals surface area (Å²) in [5.41, 5.74) is 0.398. The number of hydrogen-bond acceptors (Lipinski definition) is 4. The van der Waals surface area contributed by atoms with Gasteiger partial charge in [0.2, 0.25) is 0 Å². The summed E-state index contributed by atoms with van der Waals surface area (Å²) in [6.07, 6.45) is 0. The number of rotatable bonds is 2. The second-order valence-electron chi connectivity index (χ2n) is 2.23. The van der Waals surface area contributed by atoms with E-state index in [9.17, 15) is 4.79 Å². The Labute approximate surface area is 70.1 Å². The van der Waals surface area contributed by atoms with Gasteiger partial charge in [0.1, 0.15) is 11.3 Å². The summed E-state index contributed by atoms with van der Waals surface area (Å²) in [5, 5.41) is 0. The molecule has 1 aromatic rings. The van der Waals surface area contributed by atoms with Gasteiger partial charge < -0.3 is 13.9 Å². The van der Waals surface area contributed by atoms with Crippen molar-refractivity contribution in [2.75, 3.05) is 14.2 Å². The summed E-state index contributed by atoms with van der Waals surface area (Å²) in [6, 6.07) is 1.50. The summed E-state index contributed by atoms with van der Waals surface area (Å²) < 4.78 is 14.4. The first-order valence-electron chi connectivity index (χ1n) is 3.41. The SMILES string of the molecule is COC(=O)c1cc(OC)oc1C. The number of carbonyl (C=O) groups excluding carboxylic acids is 1. The largest absolute Gasteiger partial charge is 0.468 e. The minimum absolute atomic E-state index is 0.313. The second kappa shape index (κ2) is 3.30. The third-order valence-electron chi connectivity index (χ3n) is 1.50. The Morgan fingerprint density at radius 2 is 2.17 bits per heavy atom. The van der Waals surface area contributed by atoms with Crippen LogP contribution in [0.4, 0.5) is 0 Å². The Bertz CT molecular complexity index is 287. The van der Waals surface area contributed by atoms with Crippen LogP contribution in [0.2, 0.25) is 0 Å². The zero-order chi connectivity index (χ0) is 9.14. The Morgan fingerprint density at radius 1 is 1.50 bits per heavy atom. The van der Waals surface area contributed by atoms with Gasteiger partial charge in [-0.1, -0.05) is 0 Å². The number of hydrogen-bond donors (Lipinski definition) is 0. The van der Waals surface area contributed by atoms with E-state index < -0.39 is 5.97 Å². The lowest BCUT2D eigenvalue weighted by atomic mass is 10.3. The summed E-state index contributed by atoms with van der Waals surface area (Å²) >= 11 is 0. The standard InChI is InChI=1S/C8H10O4/c1-5-6(8(9)11-3)4-7(10-2)12-5/h4H,1-3H3. The lowest BCUT2D eigenvalue weighted by Gasteiger charge is -1.93. The maximum atomic E-state index is 11.0. The molecule has 0 radical (unpaired) electrons. The van der Waals surface area contributed by atoms with E-state index >= 15 is 0 Å². The van der Waals surface area contributed by atoms with E-state index in [1.165, 1.54) is 20.3 Å². The monoisotopic (exact) mass is 170 g/mol. The van der Waals surface area contributed by atoms with Crippen molar-refractivity contribution >= 4 is 5.97 Å². The third kappa shape index (κ3) is 1.42. The molecule has 0 saturated carbocycles. The van der Waals surface area contributed by atoms with Crippen LogP contribution in [0.1, 0.15) is 16.1 Å². The summed E-state index contributed by atoms with van der Waals surface area (Å²) in [5.74, 6) is 0.395. The Balaban J connectivity index is 2.99. The molecule has 0 bridgehead atoms. The van der Waals surface area contributed by atoms with Gasteiger partial charge in [-0.05, 0) is 6.92 Å². The van der Waals surface area contributed by atoms with Gasteiger partial charge in [0.05, 0.1) is 14.2 Å². The molecule has 12 heavy (non-hydrogen) atoms. The molecule has 1 aromatic heterocycles. The van der Waals surface area contributed by atoms with Crippen LogP contribution < -0.4 is 4.74 Å². The number of methoxy groups -OCH3 is 2. The van der Waals surface area contributed by atoms with E-state index in [1.807, 2.05) is 0 Å². The Kier molecular flexibility index (Phi) is 2.38. The third-order valence-corrected chi connectivity index (χ3v) is 1.50. The highest BCUT2D eigenvalue weighted by molar-refractivity contribution is 5.90. The molecule has 4 heteroatoms. The number of carbonyl (C=O) groups is 1. The van der Waals surface area contributed by atoms with Crippen LogP contribution in [0, 0.1) is 6.92 Å². The average Bonchev–Trinajstić information content (AvgIpc) is 2.45. The summed E-state index contributed by atoms with van der Waals surface area (Å²) in [7, 11) is 2.79. The molecule has 66 valence electrons. The van der Waals surface area contributed by atoms with Gasteiger partial charge in [-0.3, -0.25) is 0 Å². The second-order valence-corrected chi connectivity index (χ2v) is 2.23. The molecule has 1 heterocycles. The maximum Gasteiger partial charge on any atom is 0.341 e. The number of ether oxygens (including phenoxy) is 2. The van der Waals surface area contributed by atoms with E-state index in [-0.39, 0.29) is 0 Å². The molecule has 4 nitrogen and oxygen atoms in total. The van der Waals surface area contributed by atoms with Gasteiger partial charge in [-0.2, -0.15) is 0 Å². The lowest BCUT2D eigenvalue weighted by molar-refractivity contribution is 0.0599. The van der Waals surface area contributed by atoms with E-state index in [0.717, 1.165) is 0 Å². The minimum atomic E-state index is -0.417. The molecular formula is C8H10O4. The van der Waals surface area contributed by atoms with Crippen LogP contribution in [0.3, 0.4) is 0 Å². The number of furan rings is 1. The van der Waals surface area contributed by atoms with Crippen LogP contribution in [0.15, 0.2) is 10.5 Å². The van der Waals surface area contributed by atoms with E-state index in [1.54, 1.807) is 6.92 Å². The van der Waals surface area contributed by atoms with Crippen molar-refractivity contribution in [3.05, 3.63) is 17.4 Å². The maximum absolute atomic E-state index is 11.0. The van der Waals surface area contributed by atoms with Crippen molar-refractivity contribution in [3.8, 4) is 5.95 Å². The Morgan fingerprint density at radius 3 is 2.58 bits per heavy atom. The van der Waals surface area contributed by atoms with Crippen molar-refractivity contribution in [2.24, 2.45) is 0 Å². The van der Waals surface area contributed by atoms with Gasteiger partial charge >= 0.3 is 5.97 Å². The predicted molar refractivity (Wildman–Crippen MR) is 41.3 cm³/mol. The fourth-order valence-electron chi connectivity index (χ4n) is 0.868. The van der Waals surface area contributed by atoms with Gasteiger partial charge in [0.15, 0.2) is 0 Å². The van der Waals surface area contributed by atoms with Crippen molar-refractivity contribution in [1.29, 1.82) is 0 Å². The minimum Gasteiger partial charge on any atom is -0.468 e. The van der Waals surface area contributed by atoms with Gasteiger partial charge in [0.25, 0.3) is 5.95 Å². The van der Waals surface area contributed by atoms with Gasteiger partial charge in [-0.25, -0.2) is 4.79 Å². The van der Waals surface area contributed by atoms with Gasteiger partial charge in [0, 0.05) is 6.07 Å². The topological polar surface area (TPSA) is 48.7 Å². The van der Waals surface area contributed by atoms with Crippen molar-refractivity contribution in [1.82, 2.24) is 0 Å². The molecule has 0 aromatic carbocycles. The first kappa shape index (κ1) is 8.64. The molecular weight excluding hydrogens is 160 g/mol. The normalized spacial score (nSPS) is 9.58. The molecule has 0 fully saturated rings. The highest BCUT2D eigenvalue weighted by atomic mass is 16.6. The first-order chi connectivity index (χ1) is 5.69. The van der Waals surface area contributed by atoms with Crippen molar-refractivity contribution in [2.45, 2.75) is 6.92 Å². The smallest absolute Gasteiger partial charge is 0.341 e. The van der Waals surface area contributed by atoms with Crippen LogP contribution in [0.25, 0.3) is 0 Å². The van der Waals surface area contributed by atoms with Crippen molar-refractivity contribution in [3.63, 3.8) is 0 Å². The highest BCUT2D eigenvalue weighted by Crippen LogP contribution is 2.21. The van der Waals surface area contributed by atoms with Crippen LogP contribution in [-0.2, 0) is 4.74 Å². The molecule has 0 saturated heterocycles. The Hall–Kier alpha value is -1.45. The highest BCUT2D eigenvalue weighted by Gasteiger charge is 2.15. The molecule has 0 amide bonds. The van der Waals surface area contributed by atoms with E-state index in [2.05, 4.69) is 4.74 Å². The molecule has 0 unspecified atom stereocenters. The quantitative estimate of drug-likeness (QED) is 0.629.